The zero-order chi connectivity index (χ0) is 14.8. The van der Waals surface area contributed by atoms with Crippen molar-refractivity contribution in [1.82, 2.24) is 0 Å². The molecule has 0 aliphatic rings. The van der Waals surface area contributed by atoms with Gasteiger partial charge in [-0.1, -0.05) is 0 Å². The number of carboxylic acids is 2. The van der Waals surface area contributed by atoms with E-state index >= 15 is 0 Å². The van der Waals surface area contributed by atoms with Gasteiger partial charge in [-0.3, -0.25) is 4.55 Å². The molecule has 4 N–H and O–H groups in total. The first-order chi connectivity index (χ1) is 8.68. The van der Waals surface area contributed by atoms with Crippen molar-refractivity contribution in [3.63, 3.8) is 0 Å². The van der Waals surface area contributed by atoms with Crippen molar-refractivity contribution in [2.24, 2.45) is 0 Å². The Labute approximate surface area is 107 Å². The van der Waals surface area contributed by atoms with Crippen LogP contribution in [0.4, 0.5) is 0 Å². The van der Waals surface area contributed by atoms with Crippen LogP contribution in [0.5, 0.6) is 0 Å². The van der Waals surface area contributed by atoms with E-state index in [1.54, 1.807) is 0 Å². The van der Waals surface area contributed by atoms with Crippen molar-refractivity contribution in [1.29, 1.82) is 0 Å². The van der Waals surface area contributed by atoms with Gasteiger partial charge in [-0.05, 0) is 24.1 Å². The monoisotopic (exact) mass is 290 g/mol. The van der Waals surface area contributed by atoms with Gasteiger partial charge >= 0.3 is 11.9 Å². The molecule has 0 aliphatic heterocycles. The Balaban J connectivity index is 3.72. The van der Waals surface area contributed by atoms with Crippen LogP contribution in [0.2, 0.25) is 0 Å². The van der Waals surface area contributed by atoms with E-state index < -0.39 is 44.7 Å². The van der Waals surface area contributed by atoms with E-state index in [2.05, 4.69) is 0 Å². The third kappa shape index (κ3) is 3.28. The van der Waals surface area contributed by atoms with Gasteiger partial charge < -0.3 is 15.3 Å². The van der Waals surface area contributed by atoms with Crippen LogP contribution in [-0.2, 0) is 16.5 Å². The molecule has 0 atom stereocenters. The molecule has 19 heavy (non-hydrogen) atoms. The van der Waals surface area contributed by atoms with Crippen molar-refractivity contribution in [3.8, 4) is 0 Å². The van der Waals surface area contributed by atoms with Crippen molar-refractivity contribution in [2.75, 3.05) is 6.61 Å². The van der Waals surface area contributed by atoms with Gasteiger partial charge in [0.2, 0.25) is 0 Å². The molecular formula is C10H10O8S. The van der Waals surface area contributed by atoms with Gasteiger partial charge in [-0.2, -0.15) is 8.42 Å². The fourth-order valence-electron chi connectivity index (χ4n) is 1.56. The minimum atomic E-state index is -4.68. The molecule has 0 radical (unpaired) electrons. The predicted molar refractivity (Wildman–Crippen MR) is 61.0 cm³/mol. The topological polar surface area (TPSA) is 149 Å². The molecule has 0 heterocycles. The van der Waals surface area contributed by atoms with Gasteiger partial charge in [-0.15, -0.1) is 0 Å². The lowest BCUT2D eigenvalue weighted by molar-refractivity contribution is 0.0650. The molecule has 0 fully saturated rings. The van der Waals surface area contributed by atoms with E-state index in [1.807, 2.05) is 0 Å². The maximum Gasteiger partial charge on any atom is 0.336 e. The van der Waals surface area contributed by atoms with Crippen LogP contribution >= 0.6 is 0 Å². The Bertz CT molecular complexity index is 631. The summed E-state index contributed by atoms with van der Waals surface area (Å²) >= 11 is 0. The van der Waals surface area contributed by atoms with E-state index in [0.29, 0.717) is 6.07 Å². The third-order valence-corrected chi connectivity index (χ3v) is 3.15. The molecule has 1 aromatic rings. The van der Waals surface area contributed by atoms with E-state index in [9.17, 15) is 18.0 Å². The molecule has 0 bridgehead atoms. The first kappa shape index (κ1) is 15.1. The molecule has 0 spiro atoms. The summed E-state index contributed by atoms with van der Waals surface area (Å²) in [6, 6.07) is 1.38. The summed E-state index contributed by atoms with van der Waals surface area (Å²) in [5.74, 6) is -3.22. The smallest absolute Gasteiger partial charge is 0.336 e. The molecule has 0 aromatic heterocycles. The normalized spacial score (nSPS) is 11.3. The van der Waals surface area contributed by atoms with Gasteiger partial charge in [-0.25, -0.2) is 9.59 Å². The summed E-state index contributed by atoms with van der Waals surface area (Å²) in [6.07, 6.45) is -0.259. The number of hydrogen-bond donors (Lipinski definition) is 4. The van der Waals surface area contributed by atoms with Crippen LogP contribution in [0, 0.1) is 0 Å². The largest absolute Gasteiger partial charge is 0.478 e. The Hall–Kier alpha value is -1.97. The minimum Gasteiger partial charge on any atom is -0.478 e. The standard InChI is InChI=1S/C10H10O8S/c11-2-1-5-3-6(19(16,17)18)4-7(9(12)13)8(5)10(14)15/h3-4,11H,1-2H2,(H,12,13)(H,14,15)(H,16,17,18). The zero-order valence-corrected chi connectivity index (χ0v) is 10.2. The number of rotatable bonds is 5. The number of hydrogen-bond acceptors (Lipinski definition) is 5. The summed E-state index contributed by atoms with van der Waals surface area (Å²) in [7, 11) is -4.68. The maximum atomic E-state index is 11.0. The number of aliphatic hydroxyl groups is 1. The summed E-state index contributed by atoms with van der Waals surface area (Å²) in [6.45, 7) is -0.506. The highest BCUT2D eigenvalue weighted by atomic mass is 32.2. The first-order valence-corrected chi connectivity index (χ1v) is 6.34. The highest BCUT2D eigenvalue weighted by molar-refractivity contribution is 7.85. The van der Waals surface area contributed by atoms with Gasteiger partial charge in [0.1, 0.15) is 0 Å². The molecule has 9 heteroatoms. The Morgan fingerprint density at radius 1 is 1.11 bits per heavy atom. The van der Waals surface area contributed by atoms with Crippen LogP contribution in [0.15, 0.2) is 17.0 Å². The van der Waals surface area contributed by atoms with Crippen molar-refractivity contribution in [3.05, 3.63) is 28.8 Å². The molecule has 104 valence electrons. The Morgan fingerprint density at radius 2 is 1.68 bits per heavy atom. The predicted octanol–water partition coefficient (Wildman–Crippen LogP) is -0.135. The van der Waals surface area contributed by atoms with Gasteiger partial charge in [0.15, 0.2) is 0 Å². The van der Waals surface area contributed by atoms with Gasteiger partial charge in [0.05, 0.1) is 16.0 Å². The SMILES string of the molecule is O=C(O)c1cc(S(=O)(=O)O)cc(CCO)c1C(=O)O. The summed E-state index contributed by atoms with van der Waals surface area (Å²) < 4.78 is 30.9. The third-order valence-electron chi connectivity index (χ3n) is 2.32. The van der Waals surface area contributed by atoms with E-state index in [-0.39, 0.29) is 12.0 Å². The minimum absolute atomic E-state index is 0.192. The van der Waals surface area contributed by atoms with Crippen LogP contribution in [0.1, 0.15) is 26.3 Å². The molecule has 0 saturated heterocycles. The molecule has 0 amide bonds. The lowest BCUT2D eigenvalue weighted by Gasteiger charge is -2.10. The first-order valence-electron chi connectivity index (χ1n) is 4.90. The fraction of sp³-hybridized carbons (Fsp3) is 0.200. The molecule has 8 nitrogen and oxygen atoms in total. The highest BCUT2D eigenvalue weighted by Crippen LogP contribution is 2.22. The lowest BCUT2D eigenvalue weighted by Crippen LogP contribution is -2.14. The van der Waals surface area contributed by atoms with Gasteiger partial charge in [0, 0.05) is 6.61 Å². The highest BCUT2D eigenvalue weighted by Gasteiger charge is 2.24. The molecule has 1 aromatic carbocycles. The van der Waals surface area contributed by atoms with Crippen molar-refractivity contribution >= 4 is 22.1 Å². The van der Waals surface area contributed by atoms with E-state index in [1.165, 1.54) is 0 Å². The fourth-order valence-corrected chi connectivity index (χ4v) is 2.12. The Morgan fingerprint density at radius 3 is 2.05 bits per heavy atom. The average Bonchev–Trinajstić information content (AvgIpc) is 2.26. The van der Waals surface area contributed by atoms with Crippen LogP contribution in [0.3, 0.4) is 0 Å². The number of carbonyl (C=O) groups is 2. The Kier molecular flexibility index (Phi) is 4.24. The summed E-state index contributed by atoms with van der Waals surface area (Å²) in [5, 5.41) is 26.7. The zero-order valence-electron chi connectivity index (χ0n) is 9.40. The molecule has 0 saturated carbocycles. The number of benzene rings is 1. The molecule has 0 aliphatic carbocycles. The van der Waals surface area contributed by atoms with Gasteiger partial charge in [0.25, 0.3) is 10.1 Å². The second kappa shape index (κ2) is 5.34. The second-order valence-corrected chi connectivity index (χ2v) is 4.99. The average molecular weight is 290 g/mol. The quantitative estimate of drug-likeness (QED) is 0.547. The van der Waals surface area contributed by atoms with E-state index in [4.69, 9.17) is 19.9 Å². The van der Waals surface area contributed by atoms with Crippen molar-refractivity contribution in [2.45, 2.75) is 11.3 Å². The maximum absolute atomic E-state index is 11.0. The van der Waals surface area contributed by atoms with Crippen molar-refractivity contribution < 1.29 is 37.9 Å². The number of aromatic carboxylic acids is 2. The lowest BCUT2D eigenvalue weighted by atomic mass is 9.99. The molecular weight excluding hydrogens is 280 g/mol. The van der Waals surface area contributed by atoms with E-state index in [0.717, 1.165) is 6.07 Å². The van der Waals surface area contributed by atoms with Crippen LogP contribution in [-0.4, -0.2) is 46.8 Å². The second-order valence-electron chi connectivity index (χ2n) is 3.56. The summed E-state index contributed by atoms with van der Waals surface area (Å²) in [5.41, 5.74) is -1.58. The molecule has 0 unspecified atom stereocenters. The summed E-state index contributed by atoms with van der Waals surface area (Å²) in [4.78, 5) is 21.2. The number of aliphatic hydroxyl groups excluding tert-OH is 1. The molecule has 1 rings (SSSR count). The number of carboxylic acid groups (broad SMARTS) is 2. The van der Waals surface area contributed by atoms with Crippen LogP contribution < -0.4 is 0 Å². The van der Waals surface area contributed by atoms with Crippen LogP contribution in [0.25, 0.3) is 0 Å².